The first-order chi connectivity index (χ1) is 10.8. The van der Waals surface area contributed by atoms with Crippen LogP contribution < -0.4 is 0 Å². The molecule has 5 unspecified atom stereocenters. The predicted molar refractivity (Wildman–Crippen MR) is 92.2 cm³/mol. The van der Waals surface area contributed by atoms with Gasteiger partial charge in [-0.05, 0) is 31.1 Å². The fraction of sp³-hybridized carbons (Fsp3) is 0.875. The molecule has 4 aliphatic rings. The first kappa shape index (κ1) is 15.9. The van der Waals surface area contributed by atoms with E-state index in [1.165, 1.54) is 31.0 Å². The Morgan fingerprint density at radius 1 is 1.22 bits per heavy atom. The highest BCUT2D eigenvalue weighted by atomic mass is 32.2. The molecular weight excluding hydrogens is 332 g/mol. The predicted octanol–water partition coefficient (Wildman–Crippen LogP) is 1.93. The van der Waals surface area contributed by atoms with Crippen LogP contribution in [0.5, 0.6) is 0 Å². The van der Waals surface area contributed by atoms with Crippen molar-refractivity contribution < 1.29 is 13.2 Å². The number of thioether (sulfide) groups is 1. The zero-order valence-corrected chi connectivity index (χ0v) is 15.3. The summed E-state index contributed by atoms with van der Waals surface area (Å²) in [5.41, 5.74) is 0. The summed E-state index contributed by atoms with van der Waals surface area (Å²) in [4.78, 5) is 18.8. The lowest BCUT2D eigenvalue weighted by Crippen LogP contribution is -2.47. The molecule has 1 amide bonds. The molecule has 2 heterocycles. The Kier molecular flexibility index (Phi) is 3.80. The molecule has 5 nitrogen and oxygen atoms in total. The third-order valence-electron chi connectivity index (χ3n) is 5.86. The Morgan fingerprint density at radius 2 is 2.00 bits per heavy atom. The summed E-state index contributed by atoms with van der Waals surface area (Å²) in [5.74, 6) is 1.69. The maximum atomic E-state index is 12.1. The van der Waals surface area contributed by atoms with Gasteiger partial charge in [0.05, 0.1) is 17.5 Å². The number of rotatable bonds is 2. The van der Waals surface area contributed by atoms with Gasteiger partial charge in [-0.25, -0.2) is 8.42 Å². The molecule has 2 saturated carbocycles. The van der Waals surface area contributed by atoms with E-state index in [0.717, 1.165) is 17.5 Å². The molecule has 4 fully saturated rings. The Bertz CT molecular complexity index is 658. The van der Waals surface area contributed by atoms with Gasteiger partial charge in [-0.1, -0.05) is 32.0 Å². The van der Waals surface area contributed by atoms with Gasteiger partial charge < -0.3 is 4.90 Å². The van der Waals surface area contributed by atoms with E-state index < -0.39 is 9.84 Å². The van der Waals surface area contributed by atoms with Crippen LogP contribution in [0.4, 0.5) is 0 Å². The van der Waals surface area contributed by atoms with Crippen LogP contribution in [0.1, 0.15) is 39.5 Å². The summed E-state index contributed by atoms with van der Waals surface area (Å²) >= 11 is 1.53. The van der Waals surface area contributed by atoms with E-state index in [1.54, 1.807) is 0 Å². The van der Waals surface area contributed by atoms with Crippen LogP contribution in [-0.2, 0) is 14.6 Å². The lowest BCUT2D eigenvalue weighted by atomic mass is 9.93. The van der Waals surface area contributed by atoms with Gasteiger partial charge in [0.25, 0.3) is 5.91 Å². The summed E-state index contributed by atoms with van der Waals surface area (Å²) in [6, 6.07) is 0.413. The molecule has 5 atom stereocenters. The van der Waals surface area contributed by atoms with Crippen molar-refractivity contribution >= 4 is 32.7 Å². The number of sulfone groups is 1. The van der Waals surface area contributed by atoms with E-state index in [0.29, 0.717) is 12.0 Å². The minimum atomic E-state index is -2.95. The van der Waals surface area contributed by atoms with E-state index in [-0.39, 0.29) is 34.6 Å². The maximum absolute atomic E-state index is 12.1. The minimum absolute atomic E-state index is 0.0214. The van der Waals surface area contributed by atoms with Crippen LogP contribution in [0.3, 0.4) is 0 Å². The zero-order valence-electron chi connectivity index (χ0n) is 13.6. The largest absolute Gasteiger partial charge is 0.343 e. The van der Waals surface area contributed by atoms with Gasteiger partial charge in [0.15, 0.2) is 15.0 Å². The number of fused-ring (bicyclic) bond motifs is 3. The van der Waals surface area contributed by atoms with Gasteiger partial charge in [0, 0.05) is 17.2 Å². The van der Waals surface area contributed by atoms with Crippen molar-refractivity contribution in [1.82, 2.24) is 4.90 Å². The molecule has 2 aliphatic heterocycles. The average Bonchev–Trinajstić information content (AvgIpc) is 3.17. The average molecular weight is 357 g/mol. The number of aliphatic imine (C=N–C) groups is 1. The molecule has 7 heteroatoms. The highest BCUT2D eigenvalue weighted by Gasteiger charge is 2.54. The second kappa shape index (κ2) is 5.48. The summed E-state index contributed by atoms with van der Waals surface area (Å²) in [5, 5.41) is 0.851. The van der Waals surface area contributed by atoms with Crippen LogP contribution in [0, 0.1) is 17.8 Å². The van der Waals surface area contributed by atoms with Crippen LogP contribution in [0.15, 0.2) is 4.99 Å². The van der Waals surface area contributed by atoms with E-state index in [9.17, 15) is 13.2 Å². The molecular formula is C16H24N2O3S2. The molecule has 4 rings (SSSR count). The Hall–Kier alpha value is -0.560. The quantitative estimate of drug-likeness (QED) is 0.756. The van der Waals surface area contributed by atoms with Gasteiger partial charge in [-0.3, -0.25) is 4.79 Å². The van der Waals surface area contributed by atoms with E-state index in [2.05, 4.69) is 9.89 Å². The van der Waals surface area contributed by atoms with Crippen molar-refractivity contribution in [2.75, 3.05) is 11.5 Å². The Morgan fingerprint density at radius 3 is 2.61 bits per heavy atom. The second-order valence-electron chi connectivity index (χ2n) is 7.84. The van der Waals surface area contributed by atoms with Gasteiger partial charge >= 0.3 is 0 Å². The van der Waals surface area contributed by atoms with E-state index >= 15 is 0 Å². The third-order valence-corrected chi connectivity index (χ3v) is 9.09. The van der Waals surface area contributed by atoms with Crippen molar-refractivity contribution in [2.24, 2.45) is 22.7 Å². The maximum Gasteiger partial charge on any atom is 0.250 e. The SMILES string of the molecule is CC(C)C(=O)N=C1SC2CS(=O)(=O)CC2N1C1CC2CCC1C2. The summed E-state index contributed by atoms with van der Waals surface area (Å²) in [6.07, 6.45) is 4.96. The normalized spacial score (nSPS) is 42.8. The van der Waals surface area contributed by atoms with Crippen molar-refractivity contribution in [3.8, 4) is 0 Å². The molecule has 0 aromatic carbocycles. The fourth-order valence-electron chi connectivity index (χ4n) is 4.75. The number of amidine groups is 1. The molecule has 0 N–H and O–H groups in total. The number of nitrogens with zero attached hydrogens (tertiary/aromatic N) is 2. The smallest absolute Gasteiger partial charge is 0.250 e. The van der Waals surface area contributed by atoms with Crippen molar-refractivity contribution in [3.63, 3.8) is 0 Å². The minimum Gasteiger partial charge on any atom is -0.343 e. The molecule has 128 valence electrons. The van der Waals surface area contributed by atoms with Crippen molar-refractivity contribution in [3.05, 3.63) is 0 Å². The second-order valence-corrected chi connectivity index (χ2v) is 11.2. The van der Waals surface area contributed by atoms with Crippen molar-refractivity contribution in [2.45, 2.75) is 56.9 Å². The Labute approximate surface area is 142 Å². The molecule has 2 aliphatic carbocycles. The fourth-order valence-corrected chi connectivity index (χ4v) is 8.73. The van der Waals surface area contributed by atoms with Crippen LogP contribution >= 0.6 is 11.8 Å². The summed E-state index contributed by atoms with van der Waals surface area (Å²) in [6.45, 7) is 3.72. The number of carbonyl (C=O) groups is 1. The molecule has 0 radical (unpaired) electrons. The van der Waals surface area contributed by atoms with E-state index in [4.69, 9.17) is 0 Å². The summed E-state index contributed by atoms with van der Waals surface area (Å²) < 4.78 is 24.1. The van der Waals surface area contributed by atoms with Crippen LogP contribution in [0.2, 0.25) is 0 Å². The number of carbonyl (C=O) groups excluding carboxylic acids is 1. The van der Waals surface area contributed by atoms with Gasteiger partial charge in [-0.15, -0.1) is 0 Å². The Balaban J connectivity index is 1.66. The van der Waals surface area contributed by atoms with Gasteiger partial charge in [-0.2, -0.15) is 4.99 Å². The van der Waals surface area contributed by atoms with E-state index in [1.807, 2.05) is 13.8 Å². The topological polar surface area (TPSA) is 66.8 Å². The number of hydrogen-bond acceptors (Lipinski definition) is 4. The number of hydrogen-bond donors (Lipinski definition) is 0. The zero-order chi connectivity index (χ0) is 16.4. The lowest BCUT2D eigenvalue weighted by Gasteiger charge is -2.36. The van der Waals surface area contributed by atoms with Crippen molar-refractivity contribution in [1.29, 1.82) is 0 Å². The van der Waals surface area contributed by atoms with Gasteiger partial charge in [0.2, 0.25) is 0 Å². The molecule has 2 saturated heterocycles. The standard InChI is InChI=1S/C16H24N2O3S2/c1-9(2)15(19)17-16-18(12-6-10-3-4-11(12)5-10)13-7-23(20,21)8-14(13)22-16/h9-14H,3-8H2,1-2H3. The summed E-state index contributed by atoms with van der Waals surface area (Å²) in [7, 11) is -2.95. The monoisotopic (exact) mass is 356 g/mol. The molecule has 0 aromatic rings. The molecule has 2 bridgehead atoms. The van der Waals surface area contributed by atoms with Gasteiger partial charge in [0.1, 0.15) is 0 Å². The third kappa shape index (κ3) is 2.73. The highest BCUT2D eigenvalue weighted by Crippen LogP contribution is 2.51. The molecule has 23 heavy (non-hydrogen) atoms. The molecule has 0 aromatic heterocycles. The lowest BCUT2D eigenvalue weighted by molar-refractivity contribution is -0.120. The number of amides is 1. The van der Waals surface area contributed by atoms with Crippen LogP contribution in [-0.4, -0.2) is 53.2 Å². The molecule has 0 spiro atoms. The highest BCUT2D eigenvalue weighted by molar-refractivity contribution is 8.15. The first-order valence-electron chi connectivity index (χ1n) is 8.62. The van der Waals surface area contributed by atoms with Crippen LogP contribution in [0.25, 0.3) is 0 Å². The first-order valence-corrected chi connectivity index (χ1v) is 11.3.